The van der Waals surface area contributed by atoms with Crippen LogP contribution in [0.3, 0.4) is 0 Å². The third-order valence-corrected chi connectivity index (χ3v) is 4.91. The number of unbranched alkanes of at least 4 members (excludes halogenated alkanes) is 1. The highest BCUT2D eigenvalue weighted by Gasteiger charge is 2.51. The van der Waals surface area contributed by atoms with Gasteiger partial charge >= 0.3 is 7.60 Å². The quantitative estimate of drug-likeness (QED) is 0.519. The number of hydrogen-bond donors (Lipinski definition) is 1. The lowest BCUT2D eigenvalue weighted by Crippen LogP contribution is -2.04. The average Bonchev–Trinajstić information content (AvgIpc) is 2.95. The van der Waals surface area contributed by atoms with Crippen LogP contribution < -0.4 is 5.32 Å². The minimum atomic E-state index is -2.89. The molecule has 0 aromatic carbocycles. The van der Waals surface area contributed by atoms with E-state index in [1.165, 1.54) is 6.42 Å². The molecule has 0 amide bonds. The van der Waals surface area contributed by atoms with Crippen LogP contribution in [0.15, 0.2) is 0 Å². The Balaban J connectivity index is 2.42. The largest absolute Gasteiger partial charge is 0.349 e. The summed E-state index contributed by atoms with van der Waals surface area (Å²) in [6, 6.07) is 0.328. The zero-order chi connectivity index (χ0) is 11.3. The van der Waals surface area contributed by atoms with Crippen molar-refractivity contribution in [2.24, 2.45) is 0 Å². The zero-order valence-corrected chi connectivity index (χ0v) is 10.8. The molecule has 0 spiro atoms. The minimum Gasteiger partial charge on any atom is -0.308 e. The summed E-state index contributed by atoms with van der Waals surface area (Å²) < 4.78 is 22.8. The molecule has 1 heterocycles. The highest BCUT2D eigenvalue weighted by molar-refractivity contribution is 7.55. The van der Waals surface area contributed by atoms with Gasteiger partial charge in [0.1, 0.15) is 5.78 Å². The Morgan fingerprint density at radius 2 is 1.80 bits per heavy atom. The first-order valence-electron chi connectivity index (χ1n) is 5.82. The highest BCUT2D eigenvalue weighted by Crippen LogP contribution is 2.58. The molecule has 4 nitrogen and oxygen atoms in total. The number of nitrogens with one attached hydrogen (secondary N) is 1. The summed E-state index contributed by atoms with van der Waals surface area (Å²) in [6.45, 7) is 6.72. The third-order valence-electron chi connectivity index (χ3n) is 2.48. The van der Waals surface area contributed by atoms with E-state index in [1.54, 1.807) is 0 Å². The first-order chi connectivity index (χ1) is 7.18. The van der Waals surface area contributed by atoms with E-state index >= 15 is 0 Å². The molecule has 1 rings (SSSR count). The average molecular weight is 235 g/mol. The third kappa shape index (κ3) is 3.56. The maximum absolute atomic E-state index is 12.2. The van der Waals surface area contributed by atoms with Crippen LogP contribution >= 0.6 is 7.60 Å². The molecule has 0 radical (unpaired) electrons. The lowest BCUT2D eigenvalue weighted by atomic mass is 10.2. The van der Waals surface area contributed by atoms with Gasteiger partial charge in [0.2, 0.25) is 0 Å². The van der Waals surface area contributed by atoms with E-state index < -0.39 is 7.60 Å². The Morgan fingerprint density at radius 1 is 1.20 bits per heavy atom. The van der Waals surface area contributed by atoms with Gasteiger partial charge in [0.05, 0.1) is 13.2 Å². The molecule has 2 atom stereocenters. The summed E-state index contributed by atoms with van der Waals surface area (Å²) in [5.74, 6) is -0.0658. The van der Waals surface area contributed by atoms with Gasteiger partial charge in [0.15, 0.2) is 0 Å². The van der Waals surface area contributed by atoms with Crippen LogP contribution in [0.25, 0.3) is 0 Å². The number of rotatable bonds is 8. The van der Waals surface area contributed by atoms with Crippen molar-refractivity contribution in [3.63, 3.8) is 0 Å². The summed E-state index contributed by atoms with van der Waals surface area (Å²) in [4.78, 5) is 0. The van der Waals surface area contributed by atoms with Crippen molar-refractivity contribution in [1.82, 2.24) is 5.32 Å². The number of hydrogen-bond acceptors (Lipinski definition) is 4. The molecule has 0 aromatic heterocycles. The standard InChI is InChI=1S/C10H22NO3P/c1-4-7-8-9-10(11-9)15(12,13-5-2)14-6-3/h9-11H,4-8H2,1-3H3/t9-,10-/m1/s1. The normalized spacial score (nSPS) is 25.5. The van der Waals surface area contributed by atoms with E-state index in [0.29, 0.717) is 19.3 Å². The van der Waals surface area contributed by atoms with Gasteiger partial charge in [-0.25, -0.2) is 0 Å². The van der Waals surface area contributed by atoms with Gasteiger partial charge < -0.3 is 9.05 Å². The Kier molecular flexibility index (Phi) is 5.27. The summed E-state index contributed by atoms with van der Waals surface area (Å²) in [5, 5.41) is 3.20. The predicted octanol–water partition coefficient (Wildman–Crippen LogP) is 2.74. The van der Waals surface area contributed by atoms with Crippen molar-refractivity contribution in [3.05, 3.63) is 0 Å². The second kappa shape index (κ2) is 6.00. The fourth-order valence-corrected chi connectivity index (χ4v) is 3.78. The van der Waals surface area contributed by atoms with Crippen molar-refractivity contribution in [1.29, 1.82) is 0 Å². The molecular formula is C10H22NO3P. The summed E-state index contributed by atoms with van der Waals surface area (Å²) in [7, 11) is -2.89. The molecule has 1 aliphatic rings. The van der Waals surface area contributed by atoms with E-state index in [-0.39, 0.29) is 5.78 Å². The molecule has 0 bridgehead atoms. The lowest BCUT2D eigenvalue weighted by molar-refractivity contribution is 0.218. The summed E-state index contributed by atoms with van der Waals surface area (Å²) in [5.41, 5.74) is 0. The molecule has 0 unspecified atom stereocenters. The molecule has 0 saturated carbocycles. The van der Waals surface area contributed by atoms with E-state index in [9.17, 15) is 4.57 Å². The molecule has 0 aliphatic carbocycles. The topological polar surface area (TPSA) is 57.5 Å². The Labute approximate surface area is 92.3 Å². The van der Waals surface area contributed by atoms with Gasteiger partial charge in [-0.15, -0.1) is 0 Å². The van der Waals surface area contributed by atoms with Gasteiger partial charge in [-0.2, -0.15) is 0 Å². The van der Waals surface area contributed by atoms with Gasteiger partial charge in [-0.1, -0.05) is 19.8 Å². The molecule has 1 fully saturated rings. The lowest BCUT2D eigenvalue weighted by Gasteiger charge is -2.15. The molecule has 15 heavy (non-hydrogen) atoms. The van der Waals surface area contributed by atoms with E-state index in [0.717, 1.165) is 12.8 Å². The van der Waals surface area contributed by atoms with Crippen molar-refractivity contribution < 1.29 is 13.6 Å². The maximum Gasteiger partial charge on any atom is 0.349 e. The van der Waals surface area contributed by atoms with Crippen LogP contribution in [0.1, 0.15) is 40.0 Å². The SMILES string of the molecule is CCCC[C@H]1N[C@@H]1P(=O)(OCC)OCC. The van der Waals surface area contributed by atoms with E-state index in [2.05, 4.69) is 12.2 Å². The second-order valence-corrected chi connectivity index (χ2v) is 5.89. The van der Waals surface area contributed by atoms with Crippen molar-refractivity contribution in [2.75, 3.05) is 13.2 Å². The smallest absolute Gasteiger partial charge is 0.308 e. The Hall–Kier alpha value is 0.110. The first kappa shape index (κ1) is 13.2. The molecular weight excluding hydrogens is 213 g/mol. The Morgan fingerprint density at radius 3 is 2.27 bits per heavy atom. The molecule has 1 N–H and O–H groups in total. The Bertz CT molecular complexity index is 225. The fourth-order valence-electron chi connectivity index (χ4n) is 1.70. The first-order valence-corrected chi connectivity index (χ1v) is 7.44. The summed E-state index contributed by atoms with van der Waals surface area (Å²) in [6.07, 6.45) is 3.39. The van der Waals surface area contributed by atoms with E-state index in [4.69, 9.17) is 9.05 Å². The monoisotopic (exact) mass is 235 g/mol. The fraction of sp³-hybridized carbons (Fsp3) is 1.00. The molecule has 5 heteroatoms. The minimum absolute atomic E-state index is 0.0658. The molecule has 1 saturated heterocycles. The van der Waals surface area contributed by atoms with E-state index in [1.807, 2.05) is 13.8 Å². The molecule has 90 valence electrons. The zero-order valence-electron chi connectivity index (χ0n) is 9.86. The van der Waals surface area contributed by atoms with Crippen LogP contribution in [0.2, 0.25) is 0 Å². The second-order valence-electron chi connectivity index (χ2n) is 3.74. The molecule has 0 aromatic rings. The van der Waals surface area contributed by atoms with Gasteiger partial charge in [-0.3, -0.25) is 9.88 Å². The highest BCUT2D eigenvalue weighted by atomic mass is 31.2. The van der Waals surface area contributed by atoms with Crippen LogP contribution in [0.5, 0.6) is 0 Å². The van der Waals surface area contributed by atoms with Crippen LogP contribution in [0.4, 0.5) is 0 Å². The van der Waals surface area contributed by atoms with Crippen molar-refractivity contribution >= 4 is 7.60 Å². The van der Waals surface area contributed by atoms with Gasteiger partial charge in [-0.05, 0) is 20.3 Å². The maximum atomic E-state index is 12.2. The van der Waals surface area contributed by atoms with Crippen LogP contribution in [-0.2, 0) is 13.6 Å². The van der Waals surface area contributed by atoms with Crippen LogP contribution in [-0.4, -0.2) is 25.0 Å². The molecule has 1 aliphatic heterocycles. The van der Waals surface area contributed by atoms with Gasteiger partial charge in [0, 0.05) is 6.04 Å². The summed E-state index contributed by atoms with van der Waals surface area (Å²) >= 11 is 0. The van der Waals surface area contributed by atoms with Crippen molar-refractivity contribution in [2.45, 2.75) is 51.9 Å². The van der Waals surface area contributed by atoms with Crippen molar-refractivity contribution in [3.8, 4) is 0 Å². The van der Waals surface area contributed by atoms with Gasteiger partial charge in [0.25, 0.3) is 0 Å². The van der Waals surface area contributed by atoms with Crippen LogP contribution in [0, 0.1) is 0 Å². The predicted molar refractivity (Wildman–Crippen MR) is 61.1 cm³/mol.